The maximum atomic E-state index is 13.1. The summed E-state index contributed by atoms with van der Waals surface area (Å²) in [6, 6.07) is 12.9. The molecule has 0 saturated carbocycles. The van der Waals surface area contributed by atoms with Crippen molar-refractivity contribution in [3.8, 4) is 17.2 Å². The molecule has 2 aromatic carbocycles. The summed E-state index contributed by atoms with van der Waals surface area (Å²) in [5.74, 6) is 1.18. The Balaban J connectivity index is 1.76. The molecule has 0 aromatic heterocycles. The van der Waals surface area contributed by atoms with Gasteiger partial charge in [-0.05, 0) is 62.0 Å². The molecule has 2 bridgehead atoms. The Bertz CT molecular complexity index is 996. The van der Waals surface area contributed by atoms with Gasteiger partial charge >= 0.3 is 5.97 Å². The second-order valence-corrected chi connectivity index (χ2v) is 8.04. The van der Waals surface area contributed by atoms with E-state index in [4.69, 9.17) is 31.2 Å². The molecule has 164 valence electrons. The number of carbonyl (C=O) groups excluding carboxylic acids is 1. The molecule has 2 aliphatic rings. The first-order chi connectivity index (χ1) is 14.9. The van der Waals surface area contributed by atoms with Gasteiger partial charge < -0.3 is 29.2 Å². The van der Waals surface area contributed by atoms with Crippen molar-refractivity contribution in [2.24, 2.45) is 5.92 Å². The maximum absolute atomic E-state index is 13.1. The number of methoxy groups -OCH3 is 2. The molecule has 1 fully saturated rings. The van der Waals surface area contributed by atoms with E-state index in [-0.39, 0.29) is 18.6 Å². The van der Waals surface area contributed by atoms with Crippen LogP contribution in [0.15, 0.2) is 42.5 Å². The molecule has 8 heteroatoms. The normalized spacial score (nSPS) is 23.9. The molecule has 1 N–H and O–H groups in total. The second-order valence-electron chi connectivity index (χ2n) is 7.65. The zero-order chi connectivity index (χ0) is 22.2. The Hall–Kier alpha value is -3.00. The SMILES string of the molecule is CCOC(=O)C1C2NC(=S)N(Cc3ccc(OC)cc3)C1(C)Oc1ccc(OC)cc12. The van der Waals surface area contributed by atoms with Gasteiger partial charge in [-0.3, -0.25) is 4.79 Å². The highest BCUT2D eigenvalue weighted by atomic mass is 32.1. The van der Waals surface area contributed by atoms with E-state index in [0.29, 0.717) is 23.2 Å². The monoisotopic (exact) mass is 442 g/mol. The molecule has 1 saturated heterocycles. The number of nitrogens with one attached hydrogen (secondary N) is 1. The number of hydrogen-bond donors (Lipinski definition) is 1. The molecule has 0 radical (unpaired) electrons. The zero-order valence-corrected chi connectivity index (χ0v) is 18.8. The summed E-state index contributed by atoms with van der Waals surface area (Å²) in [6.07, 6.45) is 0. The highest BCUT2D eigenvalue weighted by Crippen LogP contribution is 2.49. The van der Waals surface area contributed by atoms with Crippen molar-refractivity contribution in [3.05, 3.63) is 53.6 Å². The van der Waals surface area contributed by atoms with Crippen molar-refractivity contribution >= 4 is 23.3 Å². The summed E-state index contributed by atoms with van der Waals surface area (Å²) in [5, 5.41) is 3.87. The minimum atomic E-state index is -1.03. The van der Waals surface area contributed by atoms with Crippen LogP contribution in [0.4, 0.5) is 0 Å². The van der Waals surface area contributed by atoms with Crippen LogP contribution in [0.25, 0.3) is 0 Å². The topological polar surface area (TPSA) is 69.3 Å². The number of ether oxygens (including phenoxy) is 4. The van der Waals surface area contributed by atoms with Crippen LogP contribution < -0.4 is 19.5 Å². The molecule has 2 aliphatic heterocycles. The van der Waals surface area contributed by atoms with Crippen molar-refractivity contribution in [1.29, 1.82) is 0 Å². The fourth-order valence-corrected chi connectivity index (χ4v) is 4.66. The van der Waals surface area contributed by atoms with Gasteiger partial charge in [0.15, 0.2) is 10.8 Å². The van der Waals surface area contributed by atoms with Gasteiger partial charge in [0.25, 0.3) is 0 Å². The standard InChI is InChI=1S/C23H26N2O5S/c1-5-29-21(26)19-20-17-12-16(28-4)10-11-18(17)30-23(19,2)25(22(31)24-20)13-14-6-8-15(27-3)9-7-14/h6-12,19-20H,5,13H2,1-4H3,(H,24,31). The third-order valence-corrected chi connectivity index (χ3v) is 6.22. The van der Waals surface area contributed by atoms with Gasteiger partial charge in [-0.25, -0.2) is 0 Å². The minimum Gasteiger partial charge on any atom is -0.497 e. The van der Waals surface area contributed by atoms with Crippen molar-refractivity contribution in [2.45, 2.75) is 32.2 Å². The van der Waals surface area contributed by atoms with Gasteiger partial charge in [-0.15, -0.1) is 0 Å². The van der Waals surface area contributed by atoms with Crippen molar-refractivity contribution in [1.82, 2.24) is 10.2 Å². The van der Waals surface area contributed by atoms with E-state index in [9.17, 15) is 4.79 Å². The van der Waals surface area contributed by atoms with Crippen LogP contribution in [0.5, 0.6) is 17.2 Å². The quantitative estimate of drug-likeness (QED) is 0.539. The number of nitrogens with zero attached hydrogens (tertiary/aromatic N) is 1. The number of carbonyl (C=O) groups is 1. The largest absolute Gasteiger partial charge is 0.497 e. The lowest BCUT2D eigenvalue weighted by Gasteiger charge is -2.55. The van der Waals surface area contributed by atoms with E-state index in [2.05, 4.69) is 5.32 Å². The fraction of sp³-hybridized carbons (Fsp3) is 0.391. The van der Waals surface area contributed by atoms with Crippen LogP contribution in [0, 0.1) is 5.92 Å². The predicted octanol–water partition coefficient (Wildman–Crippen LogP) is 3.42. The third kappa shape index (κ3) is 3.65. The van der Waals surface area contributed by atoms with Gasteiger partial charge in [-0.2, -0.15) is 0 Å². The second kappa shape index (κ2) is 8.26. The number of esters is 1. The molecule has 0 amide bonds. The summed E-state index contributed by atoms with van der Waals surface area (Å²) in [4.78, 5) is 15.0. The molecule has 3 unspecified atom stereocenters. The number of hydrogen-bond acceptors (Lipinski definition) is 6. The van der Waals surface area contributed by atoms with Crippen LogP contribution in [-0.4, -0.2) is 42.5 Å². The van der Waals surface area contributed by atoms with Crippen LogP contribution in [0.1, 0.15) is 31.0 Å². The molecular formula is C23H26N2O5S. The van der Waals surface area contributed by atoms with E-state index in [1.165, 1.54) is 0 Å². The van der Waals surface area contributed by atoms with Gasteiger partial charge in [0.05, 0.1) is 26.9 Å². The fourth-order valence-electron chi connectivity index (χ4n) is 4.29. The molecule has 31 heavy (non-hydrogen) atoms. The number of rotatable bonds is 6. The summed E-state index contributed by atoms with van der Waals surface area (Å²) >= 11 is 5.72. The zero-order valence-electron chi connectivity index (χ0n) is 18.0. The van der Waals surface area contributed by atoms with Crippen molar-refractivity contribution < 1.29 is 23.7 Å². The predicted molar refractivity (Wildman–Crippen MR) is 119 cm³/mol. The lowest BCUT2D eigenvalue weighted by atomic mass is 9.79. The average Bonchev–Trinajstić information content (AvgIpc) is 2.76. The van der Waals surface area contributed by atoms with E-state index in [0.717, 1.165) is 16.9 Å². The summed E-state index contributed by atoms with van der Waals surface area (Å²) in [7, 11) is 3.24. The van der Waals surface area contributed by atoms with Gasteiger partial charge in [0.1, 0.15) is 23.2 Å². The summed E-state index contributed by atoms with van der Waals surface area (Å²) in [5.41, 5.74) is 0.804. The molecule has 3 atom stereocenters. The Morgan fingerprint density at radius 2 is 1.84 bits per heavy atom. The molecule has 0 spiro atoms. The summed E-state index contributed by atoms with van der Waals surface area (Å²) < 4.78 is 22.6. The lowest BCUT2D eigenvalue weighted by Crippen LogP contribution is -2.70. The number of thiocarbonyl (C=S) groups is 1. The lowest BCUT2D eigenvalue weighted by molar-refractivity contribution is -0.176. The van der Waals surface area contributed by atoms with Gasteiger partial charge in [0, 0.05) is 12.1 Å². The first kappa shape index (κ1) is 21.2. The maximum Gasteiger partial charge on any atom is 0.317 e. The van der Waals surface area contributed by atoms with Crippen LogP contribution >= 0.6 is 12.2 Å². The number of benzene rings is 2. The molecule has 2 heterocycles. The van der Waals surface area contributed by atoms with Crippen LogP contribution in [0.2, 0.25) is 0 Å². The first-order valence-corrected chi connectivity index (χ1v) is 10.6. The smallest absolute Gasteiger partial charge is 0.317 e. The highest BCUT2D eigenvalue weighted by Gasteiger charge is 2.59. The van der Waals surface area contributed by atoms with Crippen LogP contribution in [0.3, 0.4) is 0 Å². The first-order valence-electron chi connectivity index (χ1n) is 10.2. The van der Waals surface area contributed by atoms with Gasteiger partial charge in [0.2, 0.25) is 0 Å². The van der Waals surface area contributed by atoms with E-state index in [1.807, 2.05) is 54.3 Å². The van der Waals surface area contributed by atoms with Crippen LogP contribution in [-0.2, 0) is 16.1 Å². The molecular weight excluding hydrogens is 416 g/mol. The number of fused-ring (bicyclic) bond motifs is 4. The molecule has 7 nitrogen and oxygen atoms in total. The summed E-state index contributed by atoms with van der Waals surface area (Å²) in [6.45, 7) is 4.43. The van der Waals surface area contributed by atoms with Gasteiger partial charge in [-0.1, -0.05) is 12.1 Å². The third-order valence-electron chi connectivity index (χ3n) is 5.88. The molecule has 4 rings (SSSR count). The Morgan fingerprint density at radius 3 is 2.48 bits per heavy atom. The Kier molecular flexibility index (Phi) is 5.66. The minimum absolute atomic E-state index is 0.284. The molecule has 2 aromatic rings. The Morgan fingerprint density at radius 1 is 1.16 bits per heavy atom. The Labute approximate surface area is 187 Å². The molecule has 0 aliphatic carbocycles. The highest BCUT2D eigenvalue weighted by molar-refractivity contribution is 7.80. The van der Waals surface area contributed by atoms with E-state index < -0.39 is 11.6 Å². The van der Waals surface area contributed by atoms with E-state index in [1.54, 1.807) is 21.1 Å². The van der Waals surface area contributed by atoms with Crippen molar-refractivity contribution in [2.75, 3.05) is 20.8 Å². The van der Waals surface area contributed by atoms with Crippen molar-refractivity contribution in [3.63, 3.8) is 0 Å². The average molecular weight is 443 g/mol. The van der Waals surface area contributed by atoms with E-state index >= 15 is 0 Å².